The summed E-state index contributed by atoms with van der Waals surface area (Å²) in [5.74, 6) is 0.952. The van der Waals surface area contributed by atoms with Crippen molar-refractivity contribution in [2.24, 2.45) is 0 Å². The molecule has 1 aliphatic carbocycles. The van der Waals surface area contributed by atoms with Gasteiger partial charge in [0, 0.05) is 33.9 Å². The standard InChI is InChI=1S/C23H28BrN2O/c1-26(2,3)13-5-12-25-22-11-7-17(24)15-21(22)20-9-6-16-14-18(27-4)8-10-19(16)23(20)25/h7-8,10-11,14-15H,5-6,9,12-13H2,1-4H3/q+1. The minimum atomic E-state index is 0.952. The van der Waals surface area contributed by atoms with E-state index in [0.29, 0.717) is 0 Å². The molecule has 0 atom stereocenters. The third kappa shape index (κ3) is 3.53. The van der Waals surface area contributed by atoms with Crippen LogP contribution in [0.25, 0.3) is 22.2 Å². The molecule has 4 rings (SSSR count). The van der Waals surface area contributed by atoms with E-state index in [1.165, 1.54) is 46.3 Å². The van der Waals surface area contributed by atoms with Crippen molar-refractivity contribution in [3.8, 4) is 17.0 Å². The molecule has 0 saturated carbocycles. The van der Waals surface area contributed by atoms with E-state index < -0.39 is 0 Å². The van der Waals surface area contributed by atoms with Crippen LogP contribution in [0.1, 0.15) is 17.5 Å². The summed E-state index contributed by atoms with van der Waals surface area (Å²) in [5, 5.41) is 1.39. The van der Waals surface area contributed by atoms with Crippen molar-refractivity contribution in [3.63, 3.8) is 0 Å². The molecule has 0 amide bonds. The van der Waals surface area contributed by atoms with Crippen molar-refractivity contribution in [3.05, 3.63) is 52.0 Å². The van der Waals surface area contributed by atoms with Gasteiger partial charge >= 0.3 is 0 Å². The second-order valence-corrected chi connectivity index (χ2v) is 9.45. The van der Waals surface area contributed by atoms with Crippen LogP contribution in [0.2, 0.25) is 0 Å². The molecular formula is C23H28BrN2O+. The van der Waals surface area contributed by atoms with E-state index in [2.05, 4.69) is 78.0 Å². The second-order valence-electron chi connectivity index (χ2n) is 8.53. The van der Waals surface area contributed by atoms with Gasteiger partial charge in [-0.2, -0.15) is 0 Å². The van der Waals surface area contributed by atoms with Crippen molar-refractivity contribution >= 4 is 26.8 Å². The minimum Gasteiger partial charge on any atom is -0.497 e. The molecule has 0 radical (unpaired) electrons. The molecule has 0 unspecified atom stereocenters. The van der Waals surface area contributed by atoms with Crippen LogP contribution < -0.4 is 4.74 Å². The highest BCUT2D eigenvalue weighted by Gasteiger charge is 2.25. The van der Waals surface area contributed by atoms with Gasteiger partial charge in [0.1, 0.15) is 5.75 Å². The lowest BCUT2D eigenvalue weighted by Gasteiger charge is -2.25. The molecule has 0 aliphatic heterocycles. The summed E-state index contributed by atoms with van der Waals surface area (Å²) >= 11 is 3.67. The first-order valence-electron chi connectivity index (χ1n) is 9.66. The first-order chi connectivity index (χ1) is 12.9. The Morgan fingerprint density at radius 3 is 2.63 bits per heavy atom. The number of aryl methyl sites for hydroxylation is 3. The Kier molecular flexibility index (Phi) is 4.81. The summed E-state index contributed by atoms with van der Waals surface area (Å²) in [6.07, 6.45) is 3.33. The quantitative estimate of drug-likeness (QED) is 0.505. The van der Waals surface area contributed by atoms with Gasteiger partial charge in [0.25, 0.3) is 0 Å². The molecule has 1 heterocycles. The molecule has 1 aromatic heterocycles. The SMILES string of the molecule is COc1ccc2c(c1)CCc1c-2n(CCC[N+](C)(C)C)c2ccc(Br)cc12. The number of quaternary nitrogens is 1. The zero-order valence-corrected chi connectivity index (χ0v) is 18.3. The van der Waals surface area contributed by atoms with E-state index in [0.717, 1.165) is 34.1 Å². The third-order valence-corrected chi connectivity index (χ3v) is 6.05. The lowest BCUT2D eigenvalue weighted by Crippen LogP contribution is -2.35. The van der Waals surface area contributed by atoms with Gasteiger partial charge in [-0.3, -0.25) is 0 Å². The highest BCUT2D eigenvalue weighted by Crippen LogP contribution is 2.42. The Morgan fingerprint density at radius 2 is 1.89 bits per heavy atom. The van der Waals surface area contributed by atoms with E-state index >= 15 is 0 Å². The number of hydrogen-bond acceptors (Lipinski definition) is 1. The van der Waals surface area contributed by atoms with Crippen LogP contribution in [-0.2, 0) is 19.4 Å². The van der Waals surface area contributed by atoms with Gasteiger partial charge in [-0.05, 0) is 60.4 Å². The Bertz CT molecular complexity index is 998. The molecular weight excluding hydrogens is 400 g/mol. The summed E-state index contributed by atoms with van der Waals surface area (Å²) in [7, 11) is 8.54. The number of rotatable bonds is 5. The molecule has 0 fully saturated rings. The number of hydrogen-bond donors (Lipinski definition) is 0. The average Bonchev–Trinajstić information content (AvgIpc) is 2.93. The molecule has 3 aromatic rings. The van der Waals surface area contributed by atoms with E-state index in [1.807, 2.05) is 0 Å². The molecule has 2 aromatic carbocycles. The highest BCUT2D eigenvalue weighted by molar-refractivity contribution is 9.10. The predicted octanol–water partition coefficient (Wildman–Crippen LogP) is 5.27. The Labute approximate surface area is 170 Å². The first kappa shape index (κ1) is 18.6. The zero-order valence-electron chi connectivity index (χ0n) is 16.7. The van der Waals surface area contributed by atoms with Crippen LogP contribution in [0.15, 0.2) is 40.9 Å². The Hall–Kier alpha value is -1.78. The van der Waals surface area contributed by atoms with Crippen molar-refractivity contribution in [1.82, 2.24) is 4.57 Å². The van der Waals surface area contributed by atoms with Crippen molar-refractivity contribution in [2.75, 3.05) is 34.8 Å². The number of halogens is 1. The molecule has 3 nitrogen and oxygen atoms in total. The van der Waals surface area contributed by atoms with E-state index in [1.54, 1.807) is 7.11 Å². The summed E-state index contributed by atoms with van der Waals surface area (Å²) < 4.78 is 10.2. The Balaban J connectivity index is 1.86. The van der Waals surface area contributed by atoms with Gasteiger partial charge in [0.05, 0.1) is 40.5 Å². The van der Waals surface area contributed by atoms with Crippen LogP contribution in [0.4, 0.5) is 0 Å². The lowest BCUT2D eigenvalue weighted by molar-refractivity contribution is -0.870. The summed E-state index contributed by atoms with van der Waals surface area (Å²) in [6.45, 7) is 2.22. The van der Waals surface area contributed by atoms with Crippen molar-refractivity contribution in [2.45, 2.75) is 25.8 Å². The lowest BCUT2D eigenvalue weighted by atomic mass is 9.89. The fourth-order valence-electron chi connectivity index (χ4n) is 4.29. The van der Waals surface area contributed by atoms with E-state index in [-0.39, 0.29) is 0 Å². The van der Waals surface area contributed by atoms with E-state index in [9.17, 15) is 0 Å². The first-order valence-corrected chi connectivity index (χ1v) is 10.4. The van der Waals surface area contributed by atoms with Gasteiger partial charge in [0.15, 0.2) is 0 Å². The maximum atomic E-state index is 5.46. The number of aromatic nitrogens is 1. The van der Waals surface area contributed by atoms with Crippen LogP contribution in [0, 0.1) is 0 Å². The summed E-state index contributed by atoms with van der Waals surface area (Å²) in [5.41, 5.74) is 7.03. The largest absolute Gasteiger partial charge is 0.497 e. The number of methoxy groups -OCH3 is 1. The normalized spacial score (nSPS) is 13.5. The summed E-state index contributed by atoms with van der Waals surface area (Å²) in [4.78, 5) is 0. The maximum absolute atomic E-state index is 5.46. The topological polar surface area (TPSA) is 14.2 Å². The second kappa shape index (κ2) is 6.99. The zero-order chi connectivity index (χ0) is 19.2. The summed E-state index contributed by atoms with van der Waals surface area (Å²) in [6, 6.07) is 13.3. The van der Waals surface area contributed by atoms with Crippen molar-refractivity contribution < 1.29 is 9.22 Å². The van der Waals surface area contributed by atoms with Crippen LogP contribution in [-0.4, -0.2) is 43.8 Å². The van der Waals surface area contributed by atoms with Gasteiger partial charge < -0.3 is 13.8 Å². The number of fused-ring (bicyclic) bond motifs is 5. The van der Waals surface area contributed by atoms with Crippen LogP contribution in [0.3, 0.4) is 0 Å². The molecule has 27 heavy (non-hydrogen) atoms. The molecule has 142 valence electrons. The molecule has 1 aliphatic rings. The average molecular weight is 428 g/mol. The van der Waals surface area contributed by atoms with Crippen LogP contribution in [0.5, 0.6) is 5.75 Å². The number of benzene rings is 2. The number of ether oxygens (including phenoxy) is 1. The molecule has 4 heteroatoms. The van der Waals surface area contributed by atoms with E-state index in [4.69, 9.17) is 4.74 Å². The smallest absolute Gasteiger partial charge is 0.119 e. The molecule has 0 spiro atoms. The van der Waals surface area contributed by atoms with Gasteiger partial charge in [0.2, 0.25) is 0 Å². The monoisotopic (exact) mass is 427 g/mol. The minimum absolute atomic E-state index is 0.952. The van der Waals surface area contributed by atoms with Crippen LogP contribution >= 0.6 is 15.9 Å². The fourth-order valence-corrected chi connectivity index (χ4v) is 4.65. The number of nitrogens with zero attached hydrogens (tertiary/aromatic N) is 2. The highest BCUT2D eigenvalue weighted by atomic mass is 79.9. The van der Waals surface area contributed by atoms with Gasteiger partial charge in [-0.25, -0.2) is 0 Å². The van der Waals surface area contributed by atoms with Crippen molar-refractivity contribution in [1.29, 1.82) is 0 Å². The van der Waals surface area contributed by atoms with Gasteiger partial charge in [-0.1, -0.05) is 15.9 Å². The fraction of sp³-hybridized carbons (Fsp3) is 0.391. The maximum Gasteiger partial charge on any atom is 0.119 e. The predicted molar refractivity (Wildman–Crippen MR) is 117 cm³/mol. The molecule has 0 N–H and O–H groups in total. The Morgan fingerprint density at radius 1 is 1.07 bits per heavy atom. The van der Waals surface area contributed by atoms with Gasteiger partial charge in [-0.15, -0.1) is 0 Å². The molecule has 0 bridgehead atoms. The molecule has 0 saturated heterocycles. The third-order valence-electron chi connectivity index (χ3n) is 5.55.